The van der Waals surface area contributed by atoms with Gasteiger partial charge in [-0.05, 0) is 36.3 Å². The summed E-state index contributed by atoms with van der Waals surface area (Å²) >= 11 is 0. The second kappa shape index (κ2) is 5.06. The monoisotopic (exact) mass is 276 g/mol. The van der Waals surface area contributed by atoms with Gasteiger partial charge < -0.3 is 10.2 Å². The first-order valence-electron chi connectivity index (χ1n) is 6.11. The van der Waals surface area contributed by atoms with E-state index >= 15 is 0 Å². The number of nitrogens with two attached hydrogens (primary N) is 1. The molecule has 1 aromatic carbocycles. The van der Waals surface area contributed by atoms with Gasteiger partial charge in [-0.15, -0.1) is 0 Å². The molecule has 0 spiro atoms. The average molecular weight is 276 g/mol. The second-order valence-electron chi connectivity index (χ2n) is 6.06. The Kier molecular flexibility index (Phi) is 4.06. The first kappa shape index (κ1) is 15.3. The van der Waals surface area contributed by atoms with E-state index in [1.165, 1.54) is 6.07 Å². The minimum atomic E-state index is -2.16. The van der Waals surface area contributed by atoms with Crippen molar-refractivity contribution in [1.82, 2.24) is 0 Å². The fourth-order valence-corrected chi connectivity index (χ4v) is 2.11. The molecule has 0 fully saturated rings. The summed E-state index contributed by atoms with van der Waals surface area (Å²) in [7, 11) is -2.16. The van der Waals surface area contributed by atoms with Crippen LogP contribution >= 0.6 is 0 Å². The Labute approximate surface area is 115 Å². The van der Waals surface area contributed by atoms with Crippen LogP contribution in [0.2, 0.25) is 18.1 Å². The topological polar surface area (TPSA) is 76.1 Å². The molecule has 2 N–H and O–H groups in total. The van der Waals surface area contributed by atoms with E-state index in [4.69, 9.17) is 15.4 Å². The van der Waals surface area contributed by atoms with Gasteiger partial charge in [0.1, 0.15) is 6.07 Å². The second-order valence-corrected chi connectivity index (χ2v) is 10.8. The summed E-state index contributed by atoms with van der Waals surface area (Å²) in [5, 5.41) is 8.87. The molecule has 5 heteroatoms. The molecule has 102 valence electrons. The highest BCUT2D eigenvalue weighted by Crippen LogP contribution is 2.37. The highest BCUT2D eigenvalue weighted by atomic mass is 28.4. The van der Waals surface area contributed by atoms with Crippen molar-refractivity contribution in [1.29, 1.82) is 5.26 Å². The van der Waals surface area contributed by atoms with Crippen LogP contribution in [0.15, 0.2) is 18.2 Å². The predicted molar refractivity (Wildman–Crippen MR) is 78.2 cm³/mol. The van der Waals surface area contributed by atoms with Crippen LogP contribution in [-0.4, -0.2) is 14.3 Å². The van der Waals surface area contributed by atoms with Crippen LogP contribution in [0.1, 0.15) is 36.7 Å². The minimum absolute atomic E-state index is 0.0471. The fraction of sp³-hybridized carbons (Fsp3) is 0.429. The van der Waals surface area contributed by atoms with Gasteiger partial charge in [0.25, 0.3) is 8.32 Å². The molecule has 0 bridgehead atoms. The summed E-state index contributed by atoms with van der Waals surface area (Å²) < 4.78 is 5.68. The van der Waals surface area contributed by atoms with Crippen molar-refractivity contribution in [3.63, 3.8) is 0 Å². The van der Waals surface area contributed by atoms with E-state index in [2.05, 4.69) is 20.8 Å². The molecule has 1 aromatic rings. The largest absolute Gasteiger partial charge is 0.516 e. The molecule has 0 heterocycles. The van der Waals surface area contributed by atoms with Crippen LogP contribution in [0.25, 0.3) is 0 Å². The lowest BCUT2D eigenvalue weighted by Crippen LogP contribution is -2.42. The average Bonchev–Trinajstić information content (AvgIpc) is 2.27. The van der Waals surface area contributed by atoms with E-state index in [9.17, 15) is 4.79 Å². The van der Waals surface area contributed by atoms with Gasteiger partial charge in [-0.25, -0.2) is 4.79 Å². The third-order valence-electron chi connectivity index (χ3n) is 3.56. The van der Waals surface area contributed by atoms with Crippen molar-refractivity contribution in [2.45, 2.75) is 38.9 Å². The highest BCUT2D eigenvalue weighted by molar-refractivity contribution is 6.75. The van der Waals surface area contributed by atoms with Crippen molar-refractivity contribution in [3.05, 3.63) is 29.3 Å². The Morgan fingerprint density at radius 2 is 1.95 bits per heavy atom. The summed E-state index contributed by atoms with van der Waals surface area (Å²) in [6.07, 6.45) is 0. The zero-order chi connectivity index (χ0) is 14.8. The molecule has 0 unspecified atom stereocenters. The lowest BCUT2D eigenvalue weighted by Gasteiger charge is -2.35. The van der Waals surface area contributed by atoms with Gasteiger partial charge in [0, 0.05) is 5.69 Å². The Bertz CT molecular complexity index is 539. The zero-order valence-electron chi connectivity index (χ0n) is 12.1. The molecule has 0 aliphatic heterocycles. The Hall–Kier alpha value is -1.80. The van der Waals surface area contributed by atoms with Crippen molar-refractivity contribution < 1.29 is 9.22 Å². The first-order chi connectivity index (χ1) is 8.58. The first-order valence-corrected chi connectivity index (χ1v) is 9.02. The van der Waals surface area contributed by atoms with Gasteiger partial charge in [-0.3, -0.25) is 0 Å². The van der Waals surface area contributed by atoms with E-state index in [0.717, 1.165) is 0 Å². The molecule has 19 heavy (non-hydrogen) atoms. The number of carbonyl (C=O) groups excluding carboxylic acids is 1. The summed E-state index contributed by atoms with van der Waals surface area (Å²) in [6, 6.07) is 6.58. The van der Waals surface area contributed by atoms with Gasteiger partial charge in [-0.2, -0.15) is 5.26 Å². The minimum Gasteiger partial charge on any atom is -0.516 e. The van der Waals surface area contributed by atoms with Gasteiger partial charge in [0.05, 0.1) is 11.1 Å². The van der Waals surface area contributed by atoms with Crippen LogP contribution in [0.3, 0.4) is 0 Å². The molecule has 0 saturated carbocycles. The summed E-state index contributed by atoms with van der Waals surface area (Å²) in [6.45, 7) is 10.2. The van der Waals surface area contributed by atoms with Crippen LogP contribution in [-0.2, 0) is 4.43 Å². The number of hydrogen-bond acceptors (Lipinski definition) is 4. The Morgan fingerprint density at radius 1 is 1.37 bits per heavy atom. The molecule has 0 aromatic heterocycles. The van der Waals surface area contributed by atoms with E-state index in [-0.39, 0.29) is 11.0 Å². The lowest BCUT2D eigenvalue weighted by molar-refractivity contribution is 0.0712. The molecule has 1 rings (SSSR count). The Morgan fingerprint density at radius 3 is 2.42 bits per heavy atom. The maximum atomic E-state index is 12.1. The van der Waals surface area contributed by atoms with E-state index in [1.807, 2.05) is 19.2 Å². The van der Waals surface area contributed by atoms with Crippen molar-refractivity contribution in [2.75, 3.05) is 5.73 Å². The van der Waals surface area contributed by atoms with Crippen molar-refractivity contribution in [3.8, 4) is 6.07 Å². The van der Waals surface area contributed by atoms with Crippen LogP contribution in [0.4, 0.5) is 5.69 Å². The lowest BCUT2D eigenvalue weighted by atomic mass is 10.1. The molecule has 0 aliphatic rings. The van der Waals surface area contributed by atoms with Crippen molar-refractivity contribution >= 4 is 20.0 Å². The molecule has 4 nitrogen and oxygen atoms in total. The number of benzene rings is 1. The Balaban J connectivity index is 3.01. The number of nitrogens with zero attached hydrogens (tertiary/aromatic N) is 1. The number of nitrogen functional groups attached to an aromatic ring is 1. The van der Waals surface area contributed by atoms with Gasteiger partial charge >= 0.3 is 5.97 Å². The third-order valence-corrected chi connectivity index (χ3v) is 7.87. The van der Waals surface area contributed by atoms with Crippen LogP contribution in [0.5, 0.6) is 0 Å². The van der Waals surface area contributed by atoms with E-state index < -0.39 is 8.32 Å². The summed E-state index contributed by atoms with van der Waals surface area (Å²) in [5.74, 6) is -0.386. The van der Waals surface area contributed by atoms with E-state index in [1.54, 1.807) is 12.1 Å². The fourth-order valence-electron chi connectivity index (χ4n) is 1.22. The zero-order valence-corrected chi connectivity index (χ0v) is 13.1. The molecule has 0 amide bonds. The third kappa shape index (κ3) is 3.35. The number of hydrogen-bond donors (Lipinski definition) is 1. The molecular weight excluding hydrogens is 256 g/mol. The number of anilines is 1. The predicted octanol–water partition coefficient (Wildman–Crippen LogP) is 3.30. The molecule has 0 radical (unpaired) electrons. The summed E-state index contributed by atoms with van der Waals surface area (Å²) in [4.78, 5) is 12.1. The molecule has 0 atom stereocenters. The maximum Gasteiger partial charge on any atom is 0.324 e. The van der Waals surface area contributed by atoms with Gasteiger partial charge in [0.2, 0.25) is 0 Å². The normalized spacial score (nSPS) is 11.8. The number of rotatable bonds is 2. The van der Waals surface area contributed by atoms with Crippen LogP contribution in [0, 0.1) is 11.3 Å². The van der Waals surface area contributed by atoms with Gasteiger partial charge in [-0.1, -0.05) is 20.8 Å². The molecular formula is C14H20N2O2Si. The number of nitriles is 1. The van der Waals surface area contributed by atoms with Gasteiger partial charge in [0.15, 0.2) is 0 Å². The molecule has 0 aliphatic carbocycles. The van der Waals surface area contributed by atoms with E-state index in [0.29, 0.717) is 16.8 Å². The standard InChI is InChI=1S/C14H20N2O2Si/c1-14(2,3)19(4,5)18-13(17)10-6-7-12(16)11(8-10)9-15/h6-8H,16H2,1-5H3. The summed E-state index contributed by atoms with van der Waals surface area (Å²) in [5.41, 5.74) is 6.66. The SMILES string of the molecule is CC(C)(C)[Si](C)(C)OC(=O)c1ccc(N)c(C#N)c1. The number of carbonyl (C=O) groups is 1. The quantitative estimate of drug-likeness (QED) is 0.664. The van der Waals surface area contributed by atoms with Crippen LogP contribution < -0.4 is 5.73 Å². The maximum absolute atomic E-state index is 12.1. The van der Waals surface area contributed by atoms with Crippen molar-refractivity contribution in [2.24, 2.45) is 0 Å². The smallest absolute Gasteiger partial charge is 0.324 e. The molecule has 0 saturated heterocycles. The highest BCUT2D eigenvalue weighted by Gasteiger charge is 2.40.